The maximum absolute atomic E-state index is 14.3. The van der Waals surface area contributed by atoms with Gasteiger partial charge in [-0.15, -0.1) is 0 Å². The number of hydrogen-bond acceptors (Lipinski definition) is 14. The minimum atomic E-state index is -1.76. The number of hydrazine groups is 1. The molecule has 57 heavy (non-hydrogen) atoms. The molecule has 312 valence electrons. The average Bonchev–Trinajstić information content (AvgIpc) is 3.67. The molecule has 2 N–H and O–H groups in total. The first-order valence-corrected chi connectivity index (χ1v) is 19.5. The number of carbonyl (C=O) groups is 4. The maximum Gasteiger partial charge on any atom is 0.511 e. The van der Waals surface area contributed by atoms with E-state index in [2.05, 4.69) is 15.3 Å². The first-order chi connectivity index (χ1) is 27.3. The Morgan fingerprint density at radius 1 is 0.895 bits per heavy atom. The second-order valence-electron chi connectivity index (χ2n) is 13.4. The largest absolute Gasteiger partial charge is 0.511 e. The minimum Gasteiger partial charge on any atom is -0.479 e. The SMILES string of the molecule is CC(Cl)OC(=O)OC1CCCCC1.COc1cc(C(=O)NN(Cc2ccc(-c3cc(Cl)ccc3F)cc2)C[C@@H](O)C(=O)OC(C)OC(=O)OC2CCCCC2)on1. The van der Waals surface area contributed by atoms with E-state index in [0.717, 1.165) is 57.8 Å². The van der Waals surface area contributed by atoms with Crippen molar-refractivity contribution in [2.24, 2.45) is 0 Å². The molecule has 0 bridgehead atoms. The Hall–Kier alpha value is -4.64. The molecule has 3 aromatic rings. The highest BCUT2D eigenvalue weighted by atomic mass is 35.5. The summed E-state index contributed by atoms with van der Waals surface area (Å²) >= 11 is 11.5. The first kappa shape index (κ1) is 45.1. The summed E-state index contributed by atoms with van der Waals surface area (Å²) in [5.74, 6) is -2.39. The summed E-state index contributed by atoms with van der Waals surface area (Å²) < 4.78 is 49.3. The number of nitrogens with zero attached hydrogens (tertiary/aromatic N) is 2. The number of hydrogen-bond donors (Lipinski definition) is 2. The molecule has 0 spiro atoms. The number of aliphatic hydroxyl groups is 1. The second kappa shape index (κ2) is 22.9. The number of amides is 1. The molecule has 5 rings (SSSR count). The summed E-state index contributed by atoms with van der Waals surface area (Å²) in [6.45, 7) is 2.47. The van der Waals surface area contributed by atoms with Gasteiger partial charge < -0.3 is 38.1 Å². The number of nitrogens with one attached hydrogen (secondary N) is 1. The summed E-state index contributed by atoms with van der Waals surface area (Å²) in [5, 5.41) is 15.9. The molecule has 1 aromatic heterocycles. The van der Waals surface area contributed by atoms with E-state index in [9.17, 15) is 28.7 Å². The van der Waals surface area contributed by atoms with E-state index in [4.69, 9.17) is 51.4 Å². The molecule has 1 amide bonds. The van der Waals surface area contributed by atoms with Crippen LogP contribution in [0.25, 0.3) is 11.1 Å². The zero-order valence-corrected chi connectivity index (χ0v) is 33.5. The van der Waals surface area contributed by atoms with Gasteiger partial charge in [-0.05, 0) is 92.8 Å². The molecule has 3 atom stereocenters. The summed E-state index contributed by atoms with van der Waals surface area (Å²) in [5.41, 5.74) is 3.45. The van der Waals surface area contributed by atoms with E-state index >= 15 is 0 Å². The molecular weight excluding hydrogens is 792 g/mol. The van der Waals surface area contributed by atoms with Crippen LogP contribution in [0.2, 0.25) is 5.02 Å². The number of aromatic nitrogens is 1. The van der Waals surface area contributed by atoms with Crippen LogP contribution in [0.5, 0.6) is 5.88 Å². The predicted octanol–water partition coefficient (Wildman–Crippen LogP) is 8.08. The van der Waals surface area contributed by atoms with Crippen LogP contribution in [0.15, 0.2) is 53.1 Å². The molecule has 2 saturated carbocycles. The quantitative estimate of drug-likeness (QED) is 0.0522. The Balaban J connectivity index is 0.000000469. The fourth-order valence-electron chi connectivity index (χ4n) is 6.05. The Bertz CT molecular complexity index is 1750. The molecular formula is C39H48Cl2FN3O12. The molecule has 15 nitrogen and oxygen atoms in total. The van der Waals surface area contributed by atoms with Gasteiger partial charge in [0, 0.05) is 24.1 Å². The van der Waals surface area contributed by atoms with E-state index < -0.39 is 54.5 Å². The number of benzene rings is 2. The van der Waals surface area contributed by atoms with E-state index in [0.29, 0.717) is 21.7 Å². The number of rotatable bonds is 14. The Kier molecular flexibility index (Phi) is 18.1. The van der Waals surface area contributed by atoms with Crippen molar-refractivity contribution in [3.8, 4) is 17.0 Å². The normalized spacial score (nSPS) is 16.2. The van der Waals surface area contributed by atoms with Crippen molar-refractivity contribution in [2.75, 3.05) is 13.7 Å². The van der Waals surface area contributed by atoms with Gasteiger partial charge in [0.2, 0.25) is 12.1 Å². The summed E-state index contributed by atoms with van der Waals surface area (Å²) in [4.78, 5) is 48.5. The van der Waals surface area contributed by atoms with Crippen LogP contribution >= 0.6 is 23.2 Å². The average molecular weight is 841 g/mol. The Morgan fingerprint density at radius 3 is 2.05 bits per heavy atom. The van der Waals surface area contributed by atoms with Crippen LogP contribution in [0.1, 0.15) is 94.2 Å². The summed E-state index contributed by atoms with van der Waals surface area (Å²) in [7, 11) is 1.35. The Morgan fingerprint density at radius 2 is 1.49 bits per heavy atom. The molecule has 0 saturated heterocycles. The number of halogens is 3. The third kappa shape index (κ3) is 15.7. The lowest BCUT2D eigenvalue weighted by Crippen LogP contribution is -2.48. The van der Waals surface area contributed by atoms with Gasteiger partial charge in [0.05, 0.1) is 19.7 Å². The molecule has 2 aliphatic rings. The number of aliphatic hydroxyl groups excluding tert-OH is 1. The Labute approximate surface area is 339 Å². The number of methoxy groups -OCH3 is 1. The molecule has 0 radical (unpaired) electrons. The van der Waals surface area contributed by atoms with E-state index in [1.807, 2.05) is 0 Å². The van der Waals surface area contributed by atoms with Crippen molar-refractivity contribution in [1.82, 2.24) is 15.6 Å². The molecule has 2 fully saturated rings. The predicted molar refractivity (Wildman–Crippen MR) is 204 cm³/mol. The van der Waals surface area contributed by atoms with Crippen LogP contribution in [0.4, 0.5) is 14.0 Å². The number of ether oxygens (including phenoxy) is 6. The highest BCUT2D eigenvalue weighted by molar-refractivity contribution is 6.30. The third-order valence-corrected chi connectivity index (χ3v) is 9.17. The highest BCUT2D eigenvalue weighted by Gasteiger charge is 2.27. The topological polar surface area (TPSA) is 185 Å². The molecule has 0 aliphatic heterocycles. The summed E-state index contributed by atoms with van der Waals surface area (Å²) in [6.07, 6.45) is 4.96. The maximum atomic E-state index is 14.3. The van der Waals surface area contributed by atoms with Crippen LogP contribution in [0, 0.1) is 5.82 Å². The van der Waals surface area contributed by atoms with Crippen molar-refractivity contribution < 1.29 is 61.6 Å². The molecule has 18 heteroatoms. The first-order valence-electron chi connectivity index (χ1n) is 18.7. The van der Waals surface area contributed by atoms with Crippen molar-refractivity contribution in [3.63, 3.8) is 0 Å². The number of carbonyl (C=O) groups excluding carboxylic acids is 4. The van der Waals surface area contributed by atoms with Crippen molar-refractivity contribution in [3.05, 3.63) is 70.7 Å². The van der Waals surface area contributed by atoms with Gasteiger partial charge in [-0.2, -0.15) is 0 Å². The number of esters is 1. The standard InChI is InChI=1S/C30H33ClFN3O9.C9H15ClO3/c1-18(42-30(39)43-22-6-4-3-5-7-22)41-29(38)25(36)17-35(33-28(37)26-15-27(40-2)34-44-26)16-19-8-10-20(11-9-19)23-14-21(31)12-13-24(23)32;1-7(10)12-9(11)13-8-5-3-2-4-6-8/h8-15,18,22,25,36H,3-7,16-17H2,1-2H3,(H,33,37);7-8H,2-6H2,1H3/t18?,25-;/m1./s1. The van der Waals surface area contributed by atoms with Gasteiger partial charge >= 0.3 is 24.2 Å². The van der Waals surface area contributed by atoms with Crippen molar-refractivity contribution in [1.29, 1.82) is 0 Å². The zero-order valence-electron chi connectivity index (χ0n) is 32.0. The molecule has 2 unspecified atom stereocenters. The monoisotopic (exact) mass is 839 g/mol. The fraction of sp³-hybridized carbons (Fsp3) is 0.513. The van der Waals surface area contributed by atoms with Gasteiger partial charge in [0.25, 0.3) is 5.88 Å². The van der Waals surface area contributed by atoms with E-state index in [1.54, 1.807) is 31.2 Å². The van der Waals surface area contributed by atoms with Crippen LogP contribution in [0.3, 0.4) is 0 Å². The minimum absolute atomic E-state index is 0.000567. The number of alkyl halides is 1. The van der Waals surface area contributed by atoms with Gasteiger partial charge in [0.1, 0.15) is 18.0 Å². The lowest BCUT2D eigenvalue weighted by atomic mass is 9.98. The second-order valence-corrected chi connectivity index (χ2v) is 14.5. The van der Waals surface area contributed by atoms with Crippen LogP contribution in [-0.4, -0.2) is 83.3 Å². The van der Waals surface area contributed by atoms with Gasteiger partial charge in [-0.3, -0.25) is 10.2 Å². The van der Waals surface area contributed by atoms with E-state index in [-0.39, 0.29) is 30.4 Å². The van der Waals surface area contributed by atoms with E-state index in [1.165, 1.54) is 49.7 Å². The molecule has 1 heterocycles. The molecule has 2 aromatic carbocycles. The lowest BCUT2D eigenvalue weighted by Gasteiger charge is -2.25. The molecule has 2 aliphatic carbocycles. The van der Waals surface area contributed by atoms with Crippen molar-refractivity contribution in [2.45, 2.75) is 115 Å². The fourth-order valence-corrected chi connectivity index (χ4v) is 6.30. The smallest absolute Gasteiger partial charge is 0.479 e. The van der Waals surface area contributed by atoms with Crippen molar-refractivity contribution >= 4 is 47.4 Å². The van der Waals surface area contributed by atoms with Crippen LogP contribution in [-0.2, 0) is 35.0 Å². The zero-order chi connectivity index (χ0) is 41.3. The highest BCUT2D eigenvalue weighted by Crippen LogP contribution is 2.27. The third-order valence-electron chi connectivity index (χ3n) is 8.85. The van der Waals surface area contributed by atoms with Gasteiger partial charge in [-0.25, -0.2) is 23.8 Å². The lowest BCUT2D eigenvalue weighted by molar-refractivity contribution is -0.179. The van der Waals surface area contributed by atoms with Gasteiger partial charge in [-0.1, -0.05) is 60.3 Å². The van der Waals surface area contributed by atoms with Gasteiger partial charge in [0.15, 0.2) is 11.7 Å². The van der Waals surface area contributed by atoms with Crippen LogP contribution < -0.4 is 10.2 Å². The summed E-state index contributed by atoms with van der Waals surface area (Å²) in [6, 6.07) is 12.2.